The van der Waals surface area contributed by atoms with Crippen LogP contribution < -0.4 is 0 Å². The smallest absolute Gasteiger partial charge is 0.0277 e. The molecule has 0 rings (SSSR count). The molecule has 0 aliphatic rings. The van der Waals surface area contributed by atoms with Crippen LogP contribution in [0.5, 0.6) is 0 Å². The summed E-state index contributed by atoms with van der Waals surface area (Å²) < 4.78 is 0. The Hall–Kier alpha value is 0.217. The van der Waals surface area contributed by atoms with E-state index in [1.165, 1.54) is 44.6 Å². The first-order valence-electron chi connectivity index (χ1n) is 5.23. The van der Waals surface area contributed by atoms with Crippen molar-refractivity contribution >= 4 is 9.52 Å². The van der Waals surface area contributed by atoms with Crippen LogP contribution in [0.3, 0.4) is 0 Å². The second kappa shape index (κ2) is 10.2. The Labute approximate surface area is 74.6 Å². The van der Waals surface area contributed by atoms with Gasteiger partial charge >= 0.3 is 0 Å². The topological polar surface area (TPSA) is 0 Å². The summed E-state index contributed by atoms with van der Waals surface area (Å²) in [6, 6.07) is 3.00. The summed E-state index contributed by atoms with van der Waals surface area (Å²) in [7, 11) is 0.805. The van der Waals surface area contributed by atoms with Crippen molar-refractivity contribution in [1.82, 2.24) is 0 Å². The minimum atomic E-state index is 0.805. The van der Waals surface area contributed by atoms with Gasteiger partial charge in [-0.25, -0.2) is 0 Å². The molecule has 0 unspecified atom stereocenters. The molecule has 0 amide bonds. The first-order valence-corrected chi connectivity index (χ1v) is 6.86. The molecule has 0 nitrogen and oxygen atoms in total. The average molecular weight is 171 g/mol. The molecular weight excluding hydrogens is 148 g/mol. The van der Waals surface area contributed by atoms with Crippen LogP contribution >= 0.6 is 0 Å². The van der Waals surface area contributed by atoms with Gasteiger partial charge in [-0.1, -0.05) is 64.5 Å². The zero-order valence-corrected chi connectivity index (χ0v) is 9.39. The summed E-state index contributed by atoms with van der Waals surface area (Å²) in [6.07, 6.45) is 8.77. The van der Waals surface area contributed by atoms with Crippen LogP contribution in [0.1, 0.15) is 52.4 Å². The molecule has 0 bridgehead atoms. The van der Waals surface area contributed by atoms with E-state index in [1.807, 2.05) is 0 Å². The molecule has 0 spiro atoms. The van der Waals surface area contributed by atoms with Crippen molar-refractivity contribution < 1.29 is 0 Å². The SMILES string of the molecule is CCCCCCCC[SiH]CC. The van der Waals surface area contributed by atoms with Crippen molar-refractivity contribution in [2.45, 2.75) is 64.5 Å². The molecule has 0 aromatic rings. The van der Waals surface area contributed by atoms with E-state index in [9.17, 15) is 0 Å². The summed E-state index contributed by atoms with van der Waals surface area (Å²) in [4.78, 5) is 0. The Morgan fingerprint density at radius 1 is 0.818 bits per heavy atom. The summed E-state index contributed by atoms with van der Waals surface area (Å²) in [6.45, 7) is 4.59. The Kier molecular flexibility index (Phi) is 10.4. The number of rotatable bonds is 8. The van der Waals surface area contributed by atoms with Crippen LogP contribution in [-0.4, -0.2) is 9.52 Å². The maximum atomic E-state index is 2.31. The quantitative estimate of drug-likeness (QED) is 0.386. The molecule has 1 radical (unpaired) electrons. The predicted octanol–water partition coefficient (Wildman–Crippen LogP) is 3.64. The summed E-state index contributed by atoms with van der Waals surface area (Å²) in [5.41, 5.74) is 0. The van der Waals surface area contributed by atoms with Gasteiger partial charge in [-0.05, 0) is 0 Å². The van der Waals surface area contributed by atoms with Gasteiger partial charge < -0.3 is 0 Å². The zero-order chi connectivity index (χ0) is 8.36. The molecule has 0 N–H and O–H groups in total. The predicted molar refractivity (Wildman–Crippen MR) is 55.8 cm³/mol. The third-order valence-electron chi connectivity index (χ3n) is 2.05. The molecule has 0 fully saturated rings. The largest absolute Gasteiger partial charge is 0.0682 e. The van der Waals surface area contributed by atoms with Crippen molar-refractivity contribution in [3.63, 3.8) is 0 Å². The number of unbranched alkanes of at least 4 members (excludes halogenated alkanes) is 5. The van der Waals surface area contributed by atoms with E-state index in [2.05, 4.69) is 13.8 Å². The summed E-state index contributed by atoms with van der Waals surface area (Å²) >= 11 is 0. The molecular formula is C10H23Si. The molecule has 67 valence electrons. The molecule has 0 saturated carbocycles. The van der Waals surface area contributed by atoms with Gasteiger partial charge in [-0.3, -0.25) is 0 Å². The van der Waals surface area contributed by atoms with Crippen molar-refractivity contribution in [3.8, 4) is 0 Å². The normalized spacial score (nSPS) is 10.4. The van der Waals surface area contributed by atoms with E-state index in [4.69, 9.17) is 0 Å². The van der Waals surface area contributed by atoms with Crippen molar-refractivity contribution in [2.24, 2.45) is 0 Å². The maximum Gasteiger partial charge on any atom is 0.0277 e. The average Bonchev–Trinajstić information content (AvgIpc) is 2.03. The fraction of sp³-hybridized carbons (Fsp3) is 1.00. The van der Waals surface area contributed by atoms with Gasteiger partial charge in [0.1, 0.15) is 0 Å². The third kappa shape index (κ3) is 10.2. The number of hydrogen-bond acceptors (Lipinski definition) is 0. The van der Waals surface area contributed by atoms with Gasteiger partial charge in [0, 0.05) is 9.52 Å². The van der Waals surface area contributed by atoms with Gasteiger partial charge in [0.25, 0.3) is 0 Å². The fourth-order valence-electron chi connectivity index (χ4n) is 1.27. The lowest BCUT2D eigenvalue weighted by Crippen LogP contribution is -1.85. The molecule has 1 heteroatoms. The van der Waals surface area contributed by atoms with Gasteiger partial charge in [0.05, 0.1) is 0 Å². The summed E-state index contributed by atoms with van der Waals surface area (Å²) in [5, 5.41) is 0. The van der Waals surface area contributed by atoms with Crippen LogP contribution in [0.15, 0.2) is 0 Å². The minimum absolute atomic E-state index is 0.805. The molecule has 0 aliphatic carbocycles. The van der Waals surface area contributed by atoms with Crippen LogP contribution in [-0.2, 0) is 0 Å². The second-order valence-corrected chi connectivity index (χ2v) is 5.22. The van der Waals surface area contributed by atoms with E-state index in [0.717, 1.165) is 9.52 Å². The maximum absolute atomic E-state index is 2.31. The highest BCUT2D eigenvalue weighted by Gasteiger charge is 1.89. The summed E-state index contributed by atoms with van der Waals surface area (Å²) in [5.74, 6) is 0. The lowest BCUT2D eigenvalue weighted by molar-refractivity contribution is 0.624. The Balaban J connectivity index is 2.69. The van der Waals surface area contributed by atoms with E-state index in [0.29, 0.717) is 0 Å². The standard InChI is InChI=1S/C10H23Si/c1-3-5-6-7-8-9-10-11-4-2/h11H,3-10H2,1-2H3. The molecule has 0 saturated heterocycles. The highest BCUT2D eigenvalue weighted by molar-refractivity contribution is 6.35. The van der Waals surface area contributed by atoms with E-state index < -0.39 is 0 Å². The zero-order valence-electron chi connectivity index (χ0n) is 8.23. The second-order valence-electron chi connectivity index (χ2n) is 3.25. The first-order chi connectivity index (χ1) is 5.41. The molecule has 11 heavy (non-hydrogen) atoms. The minimum Gasteiger partial charge on any atom is -0.0682 e. The third-order valence-corrected chi connectivity index (χ3v) is 3.44. The van der Waals surface area contributed by atoms with Gasteiger partial charge in [-0.15, -0.1) is 0 Å². The highest BCUT2D eigenvalue weighted by atomic mass is 28.2. The van der Waals surface area contributed by atoms with Crippen LogP contribution in [0.25, 0.3) is 0 Å². The molecule has 0 aromatic carbocycles. The lowest BCUT2D eigenvalue weighted by atomic mass is 10.1. The van der Waals surface area contributed by atoms with Crippen LogP contribution in [0.4, 0.5) is 0 Å². The number of hydrogen-bond donors (Lipinski definition) is 0. The Morgan fingerprint density at radius 2 is 1.45 bits per heavy atom. The fourth-order valence-corrected chi connectivity index (χ4v) is 2.26. The molecule has 0 aliphatic heterocycles. The molecule has 0 atom stereocenters. The van der Waals surface area contributed by atoms with Crippen LogP contribution in [0, 0.1) is 0 Å². The van der Waals surface area contributed by atoms with Gasteiger partial charge in [0.15, 0.2) is 0 Å². The van der Waals surface area contributed by atoms with Crippen LogP contribution in [0.2, 0.25) is 12.1 Å². The first kappa shape index (κ1) is 11.2. The molecule has 0 aromatic heterocycles. The monoisotopic (exact) mass is 171 g/mol. The Morgan fingerprint density at radius 3 is 2.09 bits per heavy atom. The Bertz CT molecular complexity index is 53.9. The van der Waals surface area contributed by atoms with Gasteiger partial charge in [-0.2, -0.15) is 0 Å². The highest BCUT2D eigenvalue weighted by Crippen LogP contribution is 2.06. The van der Waals surface area contributed by atoms with E-state index >= 15 is 0 Å². The van der Waals surface area contributed by atoms with Gasteiger partial charge in [0.2, 0.25) is 0 Å². The van der Waals surface area contributed by atoms with Crippen molar-refractivity contribution in [1.29, 1.82) is 0 Å². The van der Waals surface area contributed by atoms with Crippen molar-refractivity contribution in [2.75, 3.05) is 0 Å². The van der Waals surface area contributed by atoms with Crippen molar-refractivity contribution in [3.05, 3.63) is 0 Å². The lowest BCUT2D eigenvalue weighted by Gasteiger charge is -1.98. The van der Waals surface area contributed by atoms with E-state index in [-0.39, 0.29) is 0 Å². The van der Waals surface area contributed by atoms with E-state index in [1.54, 1.807) is 6.04 Å². The molecule has 0 heterocycles.